The first-order valence-electron chi connectivity index (χ1n) is 8.96. The van der Waals surface area contributed by atoms with Crippen LogP contribution in [0.15, 0.2) is 18.2 Å². The first-order chi connectivity index (χ1) is 12.1. The molecule has 6 nitrogen and oxygen atoms in total. The van der Waals surface area contributed by atoms with Crippen molar-refractivity contribution in [2.75, 3.05) is 32.9 Å². The first-order valence-corrected chi connectivity index (χ1v) is 8.96. The van der Waals surface area contributed by atoms with Gasteiger partial charge in [-0.1, -0.05) is 6.07 Å². The van der Waals surface area contributed by atoms with Crippen LogP contribution in [-0.4, -0.2) is 54.0 Å². The largest absolute Gasteiger partial charge is 0.494 e. The minimum atomic E-state index is -0.702. The molecule has 2 aliphatic rings. The second-order valence-electron chi connectivity index (χ2n) is 7.07. The van der Waals surface area contributed by atoms with Crippen LogP contribution >= 0.6 is 0 Å². The molecular formula is C19H27NO5. The van der Waals surface area contributed by atoms with Crippen molar-refractivity contribution in [3.05, 3.63) is 29.3 Å². The van der Waals surface area contributed by atoms with Crippen molar-refractivity contribution in [3.8, 4) is 5.75 Å². The molecular weight excluding hydrogens is 322 g/mol. The van der Waals surface area contributed by atoms with Crippen molar-refractivity contribution < 1.29 is 24.5 Å². The van der Waals surface area contributed by atoms with E-state index in [2.05, 4.69) is 4.90 Å². The number of carboxylic acids is 1. The van der Waals surface area contributed by atoms with Crippen molar-refractivity contribution >= 4 is 5.97 Å². The van der Waals surface area contributed by atoms with E-state index in [4.69, 9.17) is 9.47 Å². The first kappa shape index (κ1) is 18.2. The molecule has 0 bridgehead atoms. The third-order valence-corrected chi connectivity index (χ3v) is 5.51. The third kappa shape index (κ3) is 3.81. The van der Waals surface area contributed by atoms with E-state index in [1.54, 1.807) is 0 Å². The molecule has 2 aliphatic heterocycles. The molecule has 1 aromatic carbocycles. The van der Waals surface area contributed by atoms with Crippen LogP contribution in [0.1, 0.15) is 30.9 Å². The van der Waals surface area contributed by atoms with E-state index >= 15 is 0 Å². The number of nitrogens with zero attached hydrogens (tertiary/aromatic N) is 1. The van der Waals surface area contributed by atoms with Crippen molar-refractivity contribution in [1.29, 1.82) is 0 Å². The number of hydrogen-bond acceptors (Lipinski definition) is 5. The molecule has 25 heavy (non-hydrogen) atoms. The summed E-state index contributed by atoms with van der Waals surface area (Å²) < 4.78 is 11.0. The highest BCUT2D eigenvalue weighted by Gasteiger charge is 2.50. The van der Waals surface area contributed by atoms with Gasteiger partial charge in [-0.15, -0.1) is 0 Å². The Kier molecular flexibility index (Phi) is 5.61. The molecule has 0 saturated carbocycles. The summed E-state index contributed by atoms with van der Waals surface area (Å²) in [6.07, 6.45) is 1.62. The van der Waals surface area contributed by atoms with Crippen LogP contribution in [0, 0.1) is 11.3 Å². The van der Waals surface area contributed by atoms with Crippen LogP contribution in [0.4, 0.5) is 0 Å². The van der Waals surface area contributed by atoms with Gasteiger partial charge in [-0.25, -0.2) is 0 Å². The van der Waals surface area contributed by atoms with E-state index in [0.29, 0.717) is 38.7 Å². The molecule has 2 N–H and O–H groups in total. The summed E-state index contributed by atoms with van der Waals surface area (Å²) in [6.45, 7) is 5.74. The number of aliphatic carboxylic acids is 1. The van der Waals surface area contributed by atoms with Gasteiger partial charge in [0.05, 0.1) is 19.1 Å². The molecule has 3 rings (SSSR count). The molecule has 1 aromatic rings. The summed E-state index contributed by atoms with van der Waals surface area (Å²) in [5.41, 5.74) is 1.67. The quantitative estimate of drug-likeness (QED) is 0.816. The Labute approximate surface area is 148 Å². The van der Waals surface area contributed by atoms with Gasteiger partial charge in [-0.3, -0.25) is 9.69 Å². The fourth-order valence-corrected chi connectivity index (χ4v) is 4.23. The lowest BCUT2D eigenvalue weighted by Crippen LogP contribution is -2.40. The van der Waals surface area contributed by atoms with Gasteiger partial charge in [-0.05, 0) is 37.5 Å². The topological polar surface area (TPSA) is 79.2 Å². The molecule has 0 amide bonds. The molecule has 0 radical (unpaired) electrons. The minimum Gasteiger partial charge on any atom is -0.494 e. The van der Waals surface area contributed by atoms with Crippen molar-refractivity contribution in [3.63, 3.8) is 0 Å². The SMILES string of the molecule is CCOc1ccc(CN2CC(C(=O)O)C3(CCOCC3)C2)cc1CO. The molecule has 0 aromatic heterocycles. The third-order valence-electron chi connectivity index (χ3n) is 5.51. The van der Waals surface area contributed by atoms with Crippen LogP contribution in [0.5, 0.6) is 5.75 Å². The van der Waals surface area contributed by atoms with E-state index < -0.39 is 5.97 Å². The molecule has 1 unspecified atom stereocenters. The molecule has 1 atom stereocenters. The standard InChI is InChI=1S/C19H27NO5/c1-2-25-17-4-3-14(9-15(17)12-21)10-20-11-16(18(22)23)19(13-20)5-7-24-8-6-19/h3-4,9,16,21H,2,5-8,10-13H2,1H3,(H,22,23). The van der Waals surface area contributed by atoms with E-state index in [-0.39, 0.29) is 17.9 Å². The minimum absolute atomic E-state index is 0.0673. The highest BCUT2D eigenvalue weighted by atomic mass is 16.5. The Morgan fingerprint density at radius 1 is 1.40 bits per heavy atom. The predicted molar refractivity (Wildman–Crippen MR) is 92.4 cm³/mol. The van der Waals surface area contributed by atoms with Gasteiger partial charge in [0.1, 0.15) is 5.75 Å². The maximum atomic E-state index is 11.8. The summed E-state index contributed by atoms with van der Waals surface area (Å²) in [7, 11) is 0. The Balaban J connectivity index is 1.74. The lowest BCUT2D eigenvalue weighted by Gasteiger charge is -2.36. The molecule has 0 aliphatic carbocycles. The van der Waals surface area contributed by atoms with E-state index in [1.165, 1.54) is 0 Å². The van der Waals surface area contributed by atoms with Gasteiger partial charge >= 0.3 is 5.97 Å². The Bertz CT molecular complexity index is 612. The number of likely N-dealkylation sites (tertiary alicyclic amines) is 1. The Morgan fingerprint density at radius 2 is 2.16 bits per heavy atom. The van der Waals surface area contributed by atoms with Gasteiger partial charge in [-0.2, -0.15) is 0 Å². The average molecular weight is 349 g/mol. The number of rotatable bonds is 6. The summed E-state index contributed by atoms with van der Waals surface area (Å²) in [5.74, 6) is -0.331. The second kappa shape index (κ2) is 7.72. The van der Waals surface area contributed by atoms with E-state index in [1.807, 2.05) is 25.1 Å². The lowest BCUT2D eigenvalue weighted by molar-refractivity contribution is -0.147. The van der Waals surface area contributed by atoms with Crippen LogP contribution in [-0.2, 0) is 22.7 Å². The van der Waals surface area contributed by atoms with Crippen LogP contribution in [0.2, 0.25) is 0 Å². The summed E-state index contributed by atoms with van der Waals surface area (Å²) in [6, 6.07) is 5.84. The monoisotopic (exact) mass is 349 g/mol. The zero-order chi connectivity index (χ0) is 17.9. The summed E-state index contributed by atoms with van der Waals surface area (Å²) in [5, 5.41) is 19.2. The maximum absolute atomic E-state index is 11.8. The van der Waals surface area contributed by atoms with Crippen molar-refractivity contribution in [2.45, 2.75) is 32.9 Å². The number of carboxylic acid groups (broad SMARTS) is 1. The number of carbonyl (C=O) groups is 1. The van der Waals surface area contributed by atoms with Gasteiger partial charge in [0.15, 0.2) is 0 Å². The number of benzene rings is 1. The number of aliphatic hydroxyl groups is 1. The molecule has 2 fully saturated rings. The highest BCUT2D eigenvalue weighted by Crippen LogP contribution is 2.44. The van der Waals surface area contributed by atoms with Crippen molar-refractivity contribution in [2.24, 2.45) is 11.3 Å². The second-order valence-corrected chi connectivity index (χ2v) is 7.07. The van der Waals surface area contributed by atoms with Gasteiger partial charge in [0.25, 0.3) is 0 Å². The van der Waals surface area contributed by atoms with Crippen molar-refractivity contribution in [1.82, 2.24) is 4.90 Å². The average Bonchev–Trinajstić information content (AvgIpc) is 2.94. The fourth-order valence-electron chi connectivity index (χ4n) is 4.23. The summed E-state index contributed by atoms with van der Waals surface area (Å²) >= 11 is 0. The number of aliphatic hydroxyl groups excluding tert-OH is 1. The fraction of sp³-hybridized carbons (Fsp3) is 0.632. The lowest BCUT2D eigenvalue weighted by atomic mass is 9.72. The van der Waals surface area contributed by atoms with Gasteiger partial charge < -0.3 is 19.7 Å². The highest BCUT2D eigenvalue weighted by molar-refractivity contribution is 5.72. The smallest absolute Gasteiger partial charge is 0.308 e. The van der Waals surface area contributed by atoms with Crippen LogP contribution < -0.4 is 4.74 Å². The number of ether oxygens (including phenoxy) is 2. The van der Waals surface area contributed by atoms with Gasteiger partial charge in [0, 0.05) is 43.8 Å². The predicted octanol–water partition coefficient (Wildman–Crippen LogP) is 1.89. The zero-order valence-corrected chi connectivity index (χ0v) is 14.7. The van der Waals surface area contributed by atoms with E-state index in [0.717, 1.165) is 30.5 Å². The molecule has 1 spiro atoms. The normalized spacial score (nSPS) is 23.0. The summed E-state index contributed by atoms with van der Waals surface area (Å²) in [4.78, 5) is 14.0. The van der Waals surface area contributed by atoms with Crippen LogP contribution in [0.25, 0.3) is 0 Å². The maximum Gasteiger partial charge on any atom is 0.308 e. The zero-order valence-electron chi connectivity index (χ0n) is 14.7. The number of hydrogen-bond donors (Lipinski definition) is 2. The Hall–Kier alpha value is -1.63. The molecule has 2 heterocycles. The molecule has 138 valence electrons. The Morgan fingerprint density at radius 3 is 2.80 bits per heavy atom. The van der Waals surface area contributed by atoms with Crippen LogP contribution in [0.3, 0.4) is 0 Å². The van der Waals surface area contributed by atoms with E-state index in [9.17, 15) is 15.0 Å². The molecule has 6 heteroatoms. The molecule has 2 saturated heterocycles. The van der Waals surface area contributed by atoms with Gasteiger partial charge in [0.2, 0.25) is 0 Å².